The van der Waals surface area contributed by atoms with E-state index in [9.17, 15) is 4.79 Å². The maximum Gasteiger partial charge on any atom is 0.231 e. The number of rotatable bonds is 4. The number of benzene rings is 1. The predicted molar refractivity (Wildman–Crippen MR) is 87.7 cm³/mol. The first-order valence-electron chi connectivity index (χ1n) is 6.82. The Bertz CT molecular complexity index is 521. The van der Waals surface area contributed by atoms with Crippen LogP contribution in [0.2, 0.25) is 0 Å². The molecule has 0 bridgehead atoms. The van der Waals surface area contributed by atoms with Crippen LogP contribution >= 0.6 is 27.7 Å². The predicted octanol–water partition coefficient (Wildman–Crippen LogP) is 4.70. The van der Waals surface area contributed by atoms with Crippen LogP contribution in [0.15, 0.2) is 21.5 Å². The number of carbonyl (C=O) groups excluding carboxylic acids is 1. The topological polar surface area (TPSA) is 38.3 Å². The molecule has 0 aliphatic carbocycles. The van der Waals surface area contributed by atoms with E-state index >= 15 is 0 Å². The summed E-state index contributed by atoms with van der Waals surface area (Å²) in [5, 5.41) is 3.07. The van der Waals surface area contributed by atoms with Gasteiger partial charge in [0.15, 0.2) is 0 Å². The van der Waals surface area contributed by atoms with E-state index in [1.54, 1.807) is 18.9 Å². The lowest BCUT2D eigenvalue weighted by atomic mass is 9.86. The lowest BCUT2D eigenvalue weighted by Gasteiger charge is -2.25. The van der Waals surface area contributed by atoms with Gasteiger partial charge in [-0.1, -0.05) is 19.8 Å². The summed E-state index contributed by atoms with van der Waals surface area (Å²) >= 11 is 5.19. The van der Waals surface area contributed by atoms with Crippen LogP contribution in [0.25, 0.3) is 0 Å². The summed E-state index contributed by atoms with van der Waals surface area (Å²) < 4.78 is 6.18. The molecule has 2 rings (SSSR count). The molecule has 0 saturated heterocycles. The highest BCUT2D eigenvalue weighted by atomic mass is 79.9. The van der Waals surface area contributed by atoms with Gasteiger partial charge in [-0.15, -0.1) is 11.8 Å². The van der Waals surface area contributed by atoms with Crippen LogP contribution in [0, 0.1) is 5.41 Å². The molecule has 0 saturated carbocycles. The van der Waals surface area contributed by atoms with Gasteiger partial charge < -0.3 is 10.1 Å². The van der Waals surface area contributed by atoms with Gasteiger partial charge in [0, 0.05) is 10.6 Å². The molecule has 0 spiro atoms. The number of unbranched alkanes of at least 4 members (excludes halogenated alkanes) is 1. The van der Waals surface area contributed by atoms with Crippen molar-refractivity contribution in [2.75, 3.05) is 18.2 Å². The average Bonchev–Trinajstić information content (AvgIpc) is 2.54. The van der Waals surface area contributed by atoms with Crippen LogP contribution in [-0.4, -0.2) is 18.8 Å². The zero-order valence-corrected chi connectivity index (χ0v) is 14.5. The fraction of sp³-hybridized carbons (Fsp3) is 0.533. The minimum absolute atomic E-state index is 0.120. The van der Waals surface area contributed by atoms with E-state index in [4.69, 9.17) is 4.74 Å². The minimum atomic E-state index is -0.306. The summed E-state index contributed by atoms with van der Waals surface area (Å²) in [5.74, 6) is 1.72. The van der Waals surface area contributed by atoms with E-state index in [1.807, 2.05) is 12.1 Å². The highest BCUT2D eigenvalue weighted by Gasteiger charge is 2.35. The molecule has 110 valence electrons. The molecule has 1 amide bonds. The third-order valence-electron chi connectivity index (χ3n) is 3.68. The molecule has 0 radical (unpaired) electrons. The van der Waals surface area contributed by atoms with E-state index in [2.05, 4.69) is 35.1 Å². The van der Waals surface area contributed by atoms with Crippen molar-refractivity contribution in [3.63, 3.8) is 0 Å². The van der Waals surface area contributed by atoms with Gasteiger partial charge in [-0.2, -0.15) is 0 Å². The van der Waals surface area contributed by atoms with E-state index in [1.165, 1.54) is 0 Å². The Morgan fingerprint density at radius 1 is 1.50 bits per heavy atom. The number of carbonyl (C=O) groups is 1. The van der Waals surface area contributed by atoms with Gasteiger partial charge in [0.25, 0.3) is 0 Å². The quantitative estimate of drug-likeness (QED) is 0.848. The summed E-state index contributed by atoms with van der Waals surface area (Å²) in [7, 11) is 1.65. The lowest BCUT2D eigenvalue weighted by molar-refractivity contribution is -0.124. The molecule has 0 fully saturated rings. The van der Waals surface area contributed by atoms with Crippen molar-refractivity contribution in [1.29, 1.82) is 0 Å². The molecule has 0 aromatic heterocycles. The minimum Gasteiger partial charge on any atom is -0.496 e. The van der Waals surface area contributed by atoms with Crippen LogP contribution in [0.4, 0.5) is 5.69 Å². The van der Waals surface area contributed by atoms with Crippen molar-refractivity contribution in [3.8, 4) is 5.75 Å². The maximum atomic E-state index is 12.5. The van der Waals surface area contributed by atoms with Gasteiger partial charge in [0.1, 0.15) is 5.75 Å². The zero-order valence-electron chi connectivity index (χ0n) is 12.1. The number of hydrogen-bond donors (Lipinski definition) is 1. The van der Waals surface area contributed by atoms with Crippen molar-refractivity contribution in [2.24, 2.45) is 5.41 Å². The summed E-state index contributed by atoms with van der Waals surface area (Å²) in [4.78, 5) is 13.6. The first kappa shape index (κ1) is 15.7. The summed E-state index contributed by atoms with van der Waals surface area (Å²) in [6.45, 7) is 4.21. The molecule has 5 heteroatoms. The Morgan fingerprint density at radius 2 is 2.25 bits per heavy atom. The summed E-state index contributed by atoms with van der Waals surface area (Å²) in [6, 6.07) is 3.90. The fourth-order valence-corrected chi connectivity index (χ4v) is 3.95. The van der Waals surface area contributed by atoms with Crippen LogP contribution in [-0.2, 0) is 4.79 Å². The second-order valence-electron chi connectivity index (χ2n) is 5.39. The van der Waals surface area contributed by atoms with Gasteiger partial charge in [0.05, 0.1) is 22.7 Å². The largest absolute Gasteiger partial charge is 0.496 e. The molecule has 20 heavy (non-hydrogen) atoms. The van der Waals surface area contributed by atoms with Crippen LogP contribution in [0.1, 0.15) is 33.1 Å². The van der Waals surface area contributed by atoms with Crippen LogP contribution in [0.5, 0.6) is 5.75 Å². The first-order valence-corrected chi connectivity index (χ1v) is 8.60. The molecule has 1 heterocycles. The Hall–Kier alpha value is -0.680. The number of hydrogen-bond acceptors (Lipinski definition) is 3. The van der Waals surface area contributed by atoms with Gasteiger partial charge in [-0.25, -0.2) is 0 Å². The summed E-state index contributed by atoms with van der Waals surface area (Å²) in [6.07, 6.45) is 3.11. The number of anilines is 1. The molecule has 3 nitrogen and oxygen atoms in total. The number of nitrogens with one attached hydrogen (secondary N) is 1. The molecule has 1 atom stereocenters. The molecular weight excluding hydrogens is 338 g/mol. The third-order valence-corrected chi connectivity index (χ3v) is 5.73. The highest BCUT2D eigenvalue weighted by molar-refractivity contribution is 9.10. The first-order chi connectivity index (χ1) is 9.50. The Kier molecular flexibility index (Phi) is 5.02. The van der Waals surface area contributed by atoms with Crippen molar-refractivity contribution >= 4 is 39.3 Å². The Labute approximate surface area is 133 Å². The highest BCUT2D eigenvalue weighted by Crippen LogP contribution is 2.43. The Balaban J connectivity index is 2.29. The van der Waals surface area contributed by atoms with E-state index in [-0.39, 0.29) is 11.3 Å². The molecule has 1 aromatic rings. The Morgan fingerprint density at radius 3 is 2.90 bits per heavy atom. The SMILES string of the molecule is CCCCC1(C)CSc2cc(OC)c(Br)cc2NC1=O. The van der Waals surface area contributed by atoms with E-state index in [0.29, 0.717) is 0 Å². The molecule has 1 aliphatic rings. The van der Waals surface area contributed by atoms with E-state index in [0.717, 1.165) is 45.8 Å². The average molecular weight is 358 g/mol. The smallest absolute Gasteiger partial charge is 0.231 e. The number of methoxy groups -OCH3 is 1. The van der Waals surface area contributed by atoms with Gasteiger partial charge in [-0.3, -0.25) is 4.79 Å². The van der Waals surface area contributed by atoms with Crippen molar-refractivity contribution in [2.45, 2.75) is 38.0 Å². The second-order valence-corrected chi connectivity index (χ2v) is 7.26. The number of amides is 1. The summed E-state index contributed by atoms with van der Waals surface area (Å²) in [5.41, 5.74) is 0.562. The van der Waals surface area contributed by atoms with Crippen molar-refractivity contribution in [3.05, 3.63) is 16.6 Å². The maximum absolute atomic E-state index is 12.5. The van der Waals surface area contributed by atoms with Crippen molar-refractivity contribution < 1.29 is 9.53 Å². The lowest BCUT2D eigenvalue weighted by Crippen LogP contribution is -2.34. The van der Waals surface area contributed by atoms with Crippen LogP contribution < -0.4 is 10.1 Å². The number of ether oxygens (including phenoxy) is 1. The third kappa shape index (κ3) is 3.14. The molecule has 1 unspecified atom stereocenters. The monoisotopic (exact) mass is 357 g/mol. The van der Waals surface area contributed by atoms with Gasteiger partial charge >= 0.3 is 0 Å². The van der Waals surface area contributed by atoms with Gasteiger partial charge in [-0.05, 0) is 41.4 Å². The second kappa shape index (κ2) is 6.39. The molecule has 1 aliphatic heterocycles. The van der Waals surface area contributed by atoms with Gasteiger partial charge in [0.2, 0.25) is 5.91 Å². The number of halogens is 1. The number of thioether (sulfide) groups is 1. The fourth-order valence-electron chi connectivity index (χ4n) is 2.24. The normalized spacial score (nSPS) is 21.9. The van der Waals surface area contributed by atoms with E-state index < -0.39 is 0 Å². The zero-order chi connectivity index (χ0) is 14.8. The molecule has 1 aromatic carbocycles. The number of fused-ring (bicyclic) bond motifs is 1. The van der Waals surface area contributed by atoms with Crippen LogP contribution in [0.3, 0.4) is 0 Å². The van der Waals surface area contributed by atoms with Crippen molar-refractivity contribution in [1.82, 2.24) is 0 Å². The standard InChI is InChI=1S/C15H20BrNO2S/c1-4-5-6-15(2)9-20-13-8-12(19-3)10(16)7-11(13)17-14(15)18/h7-8H,4-6,9H2,1-3H3,(H,17,18). The molecule has 1 N–H and O–H groups in total. The molecular formula is C15H20BrNO2S.